The van der Waals surface area contributed by atoms with Crippen LogP contribution < -0.4 is 0 Å². The van der Waals surface area contributed by atoms with E-state index in [1.165, 1.54) is 12.1 Å². The van der Waals surface area contributed by atoms with Gasteiger partial charge in [-0.3, -0.25) is 0 Å². The monoisotopic (exact) mass is 932 g/mol. The minimum absolute atomic E-state index is 0.143. The molecule has 6 nitrogen and oxygen atoms in total. The number of para-hydroxylation sites is 6. The molecule has 0 spiro atoms. The third-order valence-electron chi connectivity index (χ3n) is 14.4. The number of rotatable bonds is 5. The van der Waals surface area contributed by atoms with Gasteiger partial charge in [-0.25, -0.2) is 0 Å². The molecule has 0 bridgehead atoms. The van der Waals surface area contributed by atoms with Crippen molar-refractivity contribution in [3.05, 3.63) is 229 Å². The topological polar surface area (TPSA) is 67.3 Å². The predicted octanol–water partition coefficient (Wildman–Crippen LogP) is 16.5. The summed E-state index contributed by atoms with van der Waals surface area (Å²) >= 11 is 0. The fourth-order valence-electron chi connectivity index (χ4n) is 11.6. The first-order valence-electron chi connectivity index (χ1n) is 23.5. The standard InChI is InChI=1S/C63H35F3N6/c64-63(65,66)49-25-15-16-38(36-67)58(49)48-35-56(71-50-26-11-7-21-42(50)44-30-32-54-59(61(44)71)46-23-9-13-28-52(46)69(54)40-17-3-1-4-18-40)39(37-68)34-57(48)72-51-27-12-8-22-43(51)45-31-33-55-60(62(45)72)47-24-10-14-29-53(47)70(55)41-19-5-2-6-20-41/h1-35H. The van der Waals surface area contributed by atoms with Crippen molar-refractivity contribution in [2.45, 2.75) is 6.18 Å². The third kappa shape index (κ3) is 5.70. The van der Waals surface area contributed by atoms with E-state index in [2.05, 4.69) is 94.1 Å². The Morgan fingerprint density at radius 2 is 0.778 bits per heavy atom. The number of nitrogens with zero attached hydrogens (tertiary/aromatic N) is 6. The minimum atomic E-state index is -4.86. The molecule has 4 aromatic heterocycles. The highest BCUT2D eigenvalue weighted by Crippen LogP contribution is 2.49. The fourth-order valence-corrected chi connectivity index (χ4v) is 11.6. The minimum Gasteiger partial charge on any atom is -0.309 e. The molecule has 9 heteroatoms. The molecular weight excluding hydrogens is 898 g/mol. The van der Waals surface area contributed by atoms with Crippen LogP contribution in [0, 0.1) is 22.7 Å². The maximum absolute atomic E-state index is 15.8. The van der Waals surface area contributed by atoms with Gasteiger partial charge in [-0.1, -0.05) is 127 Å². The van der Waals surface area contributed by atoms with E-state index in [9.17, 15) is 10.5 Å². The summed E-state index contributed by atoms with van der Waals surface area (Å²) in [7, 11) is 0. The van der Waals surface area contributed by atoms with Gasteiger partial charge < -0.3 is 18.3 Å². The average Bonchev–Trinajstić information content (AvgIpc) is 4.15. The van der Waals surface area contributed by atoms with Crippen molar-refractivity contribution < 1.29 is 13.2 Å². The Kier molecular flexibility index (Phi) is 8.77. The van der Waals surface area contributed by atoms with E-state index < -0.39 is 11.7 Å². The van der Waals surface area contributed by atoms with Gasteiger partial charge in [0.25, 0.3) is 0 Å². The van der Waals surface area contributed by atoms with Gasteiger partial charge in [0.2, 0.25) is 0 Å². The van der Waals surface area contributed by atoms with Crippen LogP contribution in [0.25, 0.3) is 121 Å². The van der Waals surface area contributed by atoms with E-state index in [0.29, 0.717) is 11.4 Å². The maximum Gasteiger partial charge on any atom is 0.417 e. The summed E-state index contributed by atoms with van der Waals surface area (Å²) in [6, 6.07) is 72.7. The Morgan fingerprint density at radius 3 is 1.25 bits per heavy atom. The lowest BCUT2D eigenvalue weighted by Crippen LogP contribution is -2.11. The molecule has 72 heavy (non-hydrogen) atoms. The second-order valence-electron chi connectivity index (χ2n) is 18.1. The number of alkyl halides is 3. The van der Waals surface area contributed by atoms with Crippen molar-refractivity contribution in [2.24, 2.45) is 0 Å². The zero-order chi connectivity index (χ0) is 48.4. The van der Waals surface area contributed by atoms with Crippen LogP contribution in [0.15, 0.2) is 212 Å². The molecule has 0 atom stereocenters. The summed E-state index contributed by atoms with van der Waals surface area (Å²) < 4.78 is 55.9. The molecule has 338 valence electrons. The molecule has 0 unspecified atom stereocenters. The van der Waals surface area contributed by atoms with Crippen LogP contribution in [0.1, 0.15) is 16.7 Å². The Bertz CT molecular complexity index is 4690. The molecular formula is C63H35F3N6. The summed E-state index contributed by atoms with van der Waals surface area (Å²) in [5.74, 6) is 0. The van der Waals surface area contributed by atoms with Gasteiger partial charge in [0, 0.05) is 65.6 Å². The number of aromatic nitrogens is 4. The van der Waals surface area contributed by atoms with Gasteiger partial charge in [-0.05, 0) is 84.9 Å². The summed E-state index contributed by atoms with van der Waals surface area (Å²) in [4.78, 5) is 0. The lowest BCUT2D eigenvalue weighted by Gasteiger charge is -2.22. The number of hydrogen-bond acceptors (Lipinski definition) is 2. The maximum atomic E-state index is 15.8. The third-order valence-corrected chi connectivity index (χ3v) is 14.4. The molecule has 14 rings (SSSR count). The van der Waals surface area contributed by atoms with Gasteiger partial charge in [-0.2, -0.15) is 23.7 Å². The van der Waals surface area contributed by atoms with Gasteiger partial charge in [-0.15, -0.1) is 0 Å². The number of hydrogen-bond donors (Lipinski definition) is 0. The molecule has 0 N–H and O–H groups in total. The largest absolute Gasteiger partial charge is 0.417 e. The normalized spacial score (nSPS) is 12.1. The lowest BCUT2D eigenvalue weighted by molar-refractivity contribution is -0.137. The molecule has 4 heterocycles. The first-order valence-corrected chi connectivity index (χ1v) is 23.5. The fraction of sp³-hybridized carbons (Fsp3) is 0.0159. The van der Waals surface area contributed by atoms with Crippen LogP contribution in [-0.2, 0) is 6.18 Å². The van der Waals surface area contributed by atoms with E-state index in [0.717, 1.165) is 105 Å². The second-order valence-corrected chi connectivity index (χ2v) is 18.1. The van der Waals surface area contributed by atoms with Crippen molar-refractivity contribution in [3.63, 3.8) is 0 Å². The van der Waals surface area contributed by atoms with Gasteiger partial charge in [0.1, 0.15) is 6.07 Å². The van der Waals surface area contributed by atoms with Gasteiger partial charge >= 0.3 is 6.18 Å². The number of nitriles is 2. The predicted molar refractivity (Wildman–Crippen MR) is 284 cm³/mol. The molecule has 0 saturated heterocycles. The van der Waals surface area contributed by atoms with Crippen LogP contribution in [0.5, 0.6) is 0 Å². The molecule has 0 aliphatic heterocycles. The Hall–Kier alpha value is -9.83. The smallest absolute Gasteiger partial charge is 0.309 e. The van der Waals surface area contributed by atoms with Crippen LogP contribution in [0.2, 0.25) is 0 Å². The SMILES string of the molecule is N#Cc1cc(-n2c3ccccc3c3ccc4c(c5ccccc5n4-c4ccccc4)c32)c(-c2c(C#N)cccc2C(F)(F)F)cc1-n1c2ccccc2c2ccc3c(c4ccccc4n3-c3ccccc3)c21. The molecule has 14 aromatic rings. The number of fused-ring (bicyclic) bond motifs is 14. The summed E-state index contributed by atoms with van der Waals surface area (Å²) in [6.07, 6.45) is -4.86. The van der Waals surface area contributed by atoms with Crippen molar-refractivity contribution in [1.29, 1.82) is 10.5 Å². The van der Waals surface area contributed by atoms with E-state index in [4.69, 9.17) is 0 Å². The van der Waals surface area contributed by atoms with Gasteiger partial charge in [0.05, 0.1) is 78.3 Å². The first-order chi connectivity index (χ1) is 35.3. The Morgan fingerprint density at radius 1 is 0.347 bits per heavy atom. The molecule has 10 aromatic carbocycles. The molecule has 0 radical (unpaired) electrons. The second kappa shape index (κ2) is 15.3. The highest BCUT2D eigenvalue weighted by molar-refractivity contribution is 6.28. The molecule has 0 aliphatic rings. The van der Waals surface area contributed by atoms with Crippen LogP contribution in [0.4, 0.5) is 13.2 Å². The Balaban J connectivity index is 1.19. The van der Waals surface area contributed by atoms with Crippen LogP contribution in [-0.4, -0.2) is 18.3 Å². The van der Waals surface area contributed by atoms with Gasteiger partial charge in [0.15, 0.2) is 0 Å². The molecule has 0 saturated carbocycles. The average molecular weight is 933 g/mol. The quantitative estimate of drug-likeness (QED) is 0.173. The number of benzene rings is 10. The van der Waals surface area contributed by atoms with E-state index >= 15 is 13.2 Å². The first kappa shape index (κ1) is 41.2. The molecule has 0 amide bonds. The van der Waals surface area contributed by atoms with E-state index in [1.807, 2.05) is 118 Å². The van der Waals surface area contributed by atoms with E-state index in [-0.39, 0.29) is 22.3 Å². The zero-order valence-corrected chi connectivity index (χ0v) is 38.0. The van der Waals surface area contributed by atoms with Crippen molar-refractivity contribution in [1.82, 2.24) is 18.3 Å². The molecule has 0 aliphatic carbocycles. The summed E-state index contributed by atoms with van der Waals surface area (Å²) in [5.41, 5.74) is 8.41. The van der Waals surface area contributed by atoms with Crippen LogP contribution in [0.3, 0.4) is 0 Å². The summed E-state index contributed by atoms with van der Waals surface area (Å²) in [5, 5.41) is 29.8. The zero-order valence-electron chi connectivity index (χ0n) is 38.0. The lowest BCUT2D eigenvalue weighted by atomic mass is 9.91. The van der Waals surface area contributed by atoms with Crippen LogP contribution >= 0.6 is 0 Å². The van der Waals surface area contributed by atoms with Crippen molar-refractivity contribution in [3.8, 4) is 46.0 Å². The molecule has 0 fully saturated rings. The highest BCUT2D eigenvalue weighted by Gasteiger charge is 2.37. The highest BCUT2D eigenvalue weighted by atomic mass is 19.4. The summed E-state index contributed by atoms with van der Waals surface area (Å²) in [6.45, 7) is 0. The Labute approximate surface area is 408 Å². The van der Waals surface area contributed by atoms with E-state index in [1.54, 1.807) is 12.1 Å². The van der Waals surface area contributed by atoms with Crippen molar-refractivity contribution >= 4 is 87.2 Å². The van der Waals surface area contributed by atoms with Crippen molar-refractivity contribution in [2.75, 3.05) is 0 Å². The number of halogens is 3.